The first kappa shape index (κ1) is 11.9. The van der Waals surface area contributed by atoms with Gasteiger partial charge in [0.15, 0.2) is 0 Å². The minimum atomic E-state index is 0.689. The highest BCUT2D eigenvalue weighted by atomic mass is 15.5. The number of piperazine rings is 1. The summed E-state index contributed by atoms with van der Waals surface area (Å²) in [5.41, 5.74) is 3.75. The molecule has 98 valence electrons. The van der Waals surface area contributed by atoms with E-state index in [1.807, 2.05) is 0 Å². The number of hydrazine groups is 1. The average molecular weight is 238 g/mol. The van der Waals surface area contributed by atoms with Crippen molar-refractivity contribution >= 4 is 0 Å². The van der Waals surface area contributed by atoms with Gasteiger partial charge < -0.3 is 4.90 Å². The molecule has 1 aliphatic carbocycles. The summed E-state index contributed by atoms with van der Waals surface area (Å²) in [6.45, 7) is 8.39. The molecule has 0 bridgehead atoms. The number of nitrogens with one attached hydrogen (secondary N) is 1. The third-order valence-electron chi connectivity index (χ3n) is 4.51. The van der Waals surface area contributed by atoms with E-state index in [0.29, 0.717) is 6.04 Å². The van der Waals surface area contributed by atoms with Crippen molar-refractivity contribution in [2.75, 3.05) is 39.8 Å². The van der Waals surface area contributed by atoms with Crippen LogP contribution in [0.5, 0.6) is 0 Å². The number of hydrogen-bond donors (Lipinski definition) is 1. The Morgan fingerprint density at radius 1 is 1.06 bits per heavy atom. The Bertz CT molecular complexity index is 258. The number of nitrogens with zero attached hydrogens (tertiary/aromatic N) is 3. The Labute approximate surface area is 105 Å². The van der Waals surface area contributed by atoms with Crippen LogP contribution in [0.2, 0.25) is 0 Å². The normalized spacial score (nSPS) is 37.8. The zero-order valence-corrected chi connectivity index (χ0v) is 11.2. The Balaban J connectivity index is 1.46. The van der Waals surface area contributed by atoms with Crippen molar-refractivity contribution in [3.63, 3.8) is 0 Å². The van der Waals surface area contributed by atoms with E-state index in [9.17, 15) is 0 Å². The number of rotatable bonds is 3. The monoisotopic (exact) mass is 238 g/mol. The van der Waals surface area contributed by atoms with Crippen LogP contribution in [0.3, 0.4) is 0 Å². The van der Waals surface area contributed by atoms with Gasteiger partial charge >= 0.3 is 0 Å². The molecule has 2 atom stereocenters. The standard InChI is InChI=1S/C13H26N4/c1-11-9-12(10-17(11)13-3-4-13)14-16-7-5-15(2)6-8-16/h11-14H,3-10H2,1-2H3. The Kier molecular flexibility index (Phi) is 3.39. The van der Waals surface area contributed by atoms with Crippen LogP contribution < -0.4 is 5.43 Å². The Morgan fingerprint density at radius 3 is 2.41 bits per heavy atom. The average Bonchev–Trinajstić information content (AvgIpc) is 3.08. The van der Waals surface area contributed by atoms with Gasteiger partial charge in [-0.25, -0.2) is 5.01 Å². The highest BCUT2D eigenvalue weighted by Gasteiger charge is 2.39. The molecule has 17 heavy (non-hydrogen) atoms. The molecule has 1 saturated carbocycles. The maximum Gasteiger partial charge on any atom is 0.0357 e. The molecule has 2 unspecified atom stereocenters. The predicted octanol–water partition coefficient (Wildman–Crippen LogP) is 0.364. The Hall–Kier alpha value is -0.160. The van der Waals surface area contributed by atoms with E-state index < -0.39 is 0 Å². The van der Waals surface area contributed by atoms with Gasteiger partial charge in [0, 0.05) is 50.8 Å². The summed E-state index contributed by atoms with van der Waals surface area (Å²) >= 11 is 0. The van der Waals surface area contributed by atoms with Crippen LogP contribution in [0.1, 0.15) is 26.2 Å². The topological polar surface area (TPSA) is 21.8 Å². The minimum absolute atomic E-state index is 0.689. The molecule has 0 aromatic heterocycles. The molecule has 0 radical (unpaired) electrons. The lowest BCUT2D eigenvalue weighted by atomic mass is 10.2. The van der Waals surface area contributed by atoms with Gasteiger partial charge in [0.25, 0.3) is 0 Å². The predicted molar refractivity (Wildman–Crippen MR) is 69.8 cm³/mol. The number of hydrogen-bond acceptors (Lipinski definition) is 4. The third kappa shape index (κ3) is 2.81. The molecule has 0 amide bonds. The quantitative estimate of drug-likeness (QED) is 0.766. The minimum Gasteiger partial charge on any atom is -0.304 e. The van der Waals surface area contributed by atoms with E-state index in [1.165, 1.54) is 52.0 Å². The molecule has 3 aliphatic rings. The third-order valence-corrected chi connectivity index (χ3v) is 4.51. The molecule has 4 nitrogen and oxygen atoms in total. The largest absolute Gasteiger partial charge is 0.304 e. The van der Waals surface area contributed by atoms with Crippen LogP contribution in [0.25, 0.3) is 0 Å². The Morgan fingerprint density at radius 2 is 1.76 bits per heavy atom. The summed E-state index contributed by atoms with van der Waals surface area (Å²) in [5.74, 6) is 0. The van der Waals surface area contributed by atoms with Gasteiger partial charge in [-0.15, -0.1) is 0 Å². The maximum absolute atomic E-state index is 3.75. The van der Waals surface area contributed by atoms with Crippen molar-refractivity contribution in [3.8, 4) is 0 Å². The van der Waals surface area contributed by atoms with Gasteiger partial charge in [-0.2, -0.15) is 0 Å². The fraction of sp³-hybridized carbons (Fsp3) is 1.00. The zero-order chi connectivity index (χ0) is 11.8. The van der Waals surface area contributed by atoms with E-state index in [0.717, 1.165) is 12.1 Å². The maximum atomic E-state index is 3.75. The second-order valence-electron chi connectivity index (χ2n) is 6.13. The molecular formula is C13H26N4. The van der Waals surface area contributed by atoms with Gasteiger partial charge in [-0.05, 0) is 33.2 Å². The van der Waals surface area contributed by atoms with Gasteiger partial charge in [-0.3, -0.25) is 10.3 Å². The highest BCUT2D eigenvalue weighted by Crippen LogP contribution is 2.33. The molecule has 4 heteroatoms. The van der Waals surface area contributed by atoms with Crippen molar-refractivity contribution in [1.29, 1.82) is 0 Å². The molecule has 2 heterocycles. The van der Waals surface area contributed by atoms with Crippen molar-refractivity contribution < 1.29 is 0 Å². The van der Waals surface area contributed by atoms with E-state index in [2.05, 4.69) is 34.2 Å². The van der Waals surface area contributed by atoms with Crippen molar-refractivity contribution in [2.24, 2.45) is 0 Å². The molecule has 1 N–H and O–H groups in total. The molecular weight excluding hydrogens is 212 g/mol. The SMILES string of the molecule is CC1CC(NN2CCN(C)CC2)CN1C1CC1. The summed E-state index contributed by atoms with van der Waals surface area (Å²) in [7, 11) is 2.21. The van der Waals surface area contributed by atoms with Crippen LogP contribution in [-0.2, 0) is 0 Å². The number of likely N-dealkylation sites (N-methyl/N-ethyl adjacent to an activating group) is 1. The van der Waals surface area contributed by atoms with Crippen molar-refractivity contribution in [1.82, 2.24) is 20.2 Å². The smallest absolute Gasteiger partial charge is 0.0357 e. The summed E-state index contributed by atoms with van der Waals surface area (Å²) in [4.78, 5) is 5.12. The molecule has 0 aromatic carbocycles. The van der Waals surface area contributed by atoms with Crippen LogP contribution >= 0.6 is 0 Å². The summed E-state index contributed by atoms with van der Waals surface area (Å²) in [6, 6.07) is 2.39. The molecule has 3 rings (SSSR count). The first-order valence-electron chi connectivity index (χ1n) is 7.18. The van der Waals surface area contributed by atoms with Crippen LogP contribution in [0.15, 0.2) is 0 Å². The molecule has 2 aliphatic heterocycles. The van der Waals surface area contributed by atoms with Crippen LogP contribution in [0.4, 0.5) is 0 Å². The van der Waals surface area contributed by atoms with Gasteiger partial charge in [-0.1, -0.05) is 0 Å². The van der Waals surface area contributed by atoms with Crippen LogP contribution in [0, 0.1) is 0 Å². The van der Waals surface area contributed by atoms with E-state index in [4.69, 9.17) is 0 Å². The summed E-state index contributed by atoms with van der Waals surface area (Å²) < 4.78 is 0. The second-order valence-corrected chi connectivity index (χ2v) is 6.13. The summed E-state index contributed by atoms with van der Waals surface area (Å²) in [5, 5.41) is 2.44. The summed E-state index contributed by atoms with van der Waals surface area (Å²) in [6.07, 6.45) is 4.19. The molecule has 3 fully saturated rings. The first-order chi connectivity index (χ1) is 8.22. The lowest BCUT2D eigenvalue weighted by Gasteiger charge is -2.34. The molecule has 0 spiro atoms. The van der Waals surface area contributed by atoms with Crippen molar-refractivity contribution in [3.05, 3.63) is 0 Å². The van der Waals surface area contributed by atoms with Gasteiger partial charge in [0.2, 0.25) is 0 Å². The number of likely N-dealkylation sites (tertiary alicyclic amines) is 1. The highest BCUT2D eigenvalue weighted by molar-refractivity contribution is 4.95. The molecule has 0 aromatic rings. The van der Waals surface area contributed by atoms with E-state index in [1.54, 1.807) is 0 Å². The van der Waals surface area contributed by atoms with E-state index in [-0.39, 0.29) is 0 Å². The van der Waals surface area contributed by atoms with Crippen LogP contribution in [-0.4, -0.2) is 72.7 Å². The molecule has 2 saturated heterocycles. The second kappa shape index (κ2) is 4.84. The zero-order valence-electron chi connectivity index (χ0n) is 11.2. The van der Waals surface area contributed by atoms with Gasteiger partial charge in [0.05, 0.1) is 0 Å². The van der Waals surface area contributed by atoms with E-state index >= 15 is 0 Å². The fourth-order valence-electron chi connectivity index (χ4n) is 3.26. The first-order valence-corrected chi connectivity index (χ1v) is 7.18. The lowest BCUT2D eigenvalue weighted by molar-refractivity contribution is 0.0876. The lowest BCUT2D eigenvalue weighted by Crippen LogP contribution is -2.54. The van der Waals surface area contributed by atoms with Gasteiger partial charge in [0.1, 0.15) is 0 Å². The van der Waals surface area contributed by atoms with Crippen molar-refractivity contribution in [2.45, 2.75) is 44.3 Å². The fourth-order valence-corrected chi connectivity index (χ4v) is 3.26.